The zero-order valence-corrected chi connectivity index (χ0v) is 21.8. The molecule has 0 spiro atoms. The molecule has 0 aliphatic carbocycles. The van der Waals surface area contributed by atoms with E-state index >= 15 is 0 Å². The van der Waals surface area contributed by atoms with Gasteiger partial charge in [0.15, 0.2) is 11.9 Å². The summed E-state index contributed by atoms with van der Waals surface area (Å²) >= 11 is 0. The highest BCUT2D eigenvalue weighted by atomic mass is 16.7. The first-order valence-corrected chi connectivity index (χ1v) is 13.1. The number of hydrogen-bond acceptors (Lipinski definition) is 4. The summed E-state index contributed by atoms with van der Waals surface area (Å²) in [6, 6.07) is 40.7. The number of benzene rings is 4. The van der Waals surface area contributed by atoms with Gasteiger partial charge in [-0.05, 0) is 28.7 Å². The molecule has 1 aromatic heterocycles. The van der Waals surface area contributed by atoms with Crippen molar-refractivity contribution in [3.05, 3.63) is 172 Å². The van der Waals surface area contributed by atoms with Crippen molar-refractivity contribution in [1.29, 1.82) is 0 Å². The fourth-order valence-corrected chi connectivity index (χ4v) is 4.54. The van der Waals surface area contributed by atoms with Crippen LogP contribution >= 0.6 is 0 Å². The van der Waals surface area contributed by atoms with E-state index in [1.165, 1.54) is 10.8 Å². The quantitative estimate of drug-likeness (QED) is 0.225. The first-order chi connectivity index (χ1) is 19.1. The van der Waals surface area contributed by atoms with Crippen LogP contribution < -0.4 is 15.0 Å². The molecule has 0 fully saturated rings. The summed E-state index contributed by atoms with van der Waals surface area (Å²) in [6.07, 6.45) is 0.0899. The summed E-state index contributed by atoms with van der Waals surface area (Å²) in [5.41, 5.74) is 3.74. The number of aliphatic hydroxyl groups is 1. The monoisotopic (exact) mass is 517 g/mol. The second-order valence-electron chi connectivity index (χ2n) is 9.30. The third kappa shape index (κ3) is 6.11. The van der Waals surface area contributed by atoms with E-state index in [4.69, 9.17) is 9.57 Å². The van der Waals surface area contributed by atoms with Crippen LogP contribution in [0.5, 0.6) is 5.75 Å². The average molecular weight is 518 g/mol. The van der Waals surface area contributed by atoms with Gasteiger partial charge in [-0.1, -0.05) is 128 Å². The van der Waals surface area contributed by atoms with E-state index in [-0.39, 0.29) is 11.2 Å². The molecule has 0 aliphatic heterocycles. The normalized spacial score (nSPS) is 11.9. The van der Waals surface area contributed by atoms with Crippen molar-refractivity contribution in [3.63, 3.8) is 0 Å². The number of hydrogen-bond donors (Lipinski definition) is 1. The second kappa shape index (κ2) is 12.3. The van der Waals surface area contributed by atoms with Gasteiger partial charge in [0.1, 0.15) is 6.10 Å². The van der Waals surface area contributed by atoms with Gasteiger partial charge in [-0.3, -0.25) is 4.79 Å². The molecule has 0 saturated carbocycles. The first kappa shape index (κ1) is 26.0. The fourth-order valence-electron chi connectivity index (χ4n) is 4.54. The van der Waals surface area contributed by atoms with Gasteiger partial charge in [-0.2, -0.15) is 4.73 Å². The predicted octanol–water partition coefficient (Wildman–Crippen LogP) is 6.68. The Kier molecular flexibility index (Phi) is 8.20. The van der Waals surface area contributed by atoms with Crippen molar-refractivity contribution in [1.82, 2.24) is 4.73 Å². The van der Waals surface area contributed by atoms with E-state index in [2.05, 4.69) is 0 Å². The first-order valence-electron chi connectivity index (χ1n) is 13.1. The minimum absolute atomic E-state index is 0.125. The van der Waals surface area contributed by atoms with Crippen molar-refractivity contribution in [2.24, 2.45) is 0 Å². The third-order valence-corrected chi connectivity index (χ3v) is 6.61. The highest BCUT2D eigenvalue weighted by molar-refractivity contribution is 5.34. The molecular formula is C34H31NO4. The number of aliphatic hydroxyl groups excluding tert-OH is 1. The lowest BCUT2D eigenvalue weighted by Crippen LogP contribution is -2.26. The summed E-state index contributed by atoms with van der Waals surface area (Å²) in [5, 5.41) is 10.8. The van der Waals surface area contributed by atoms with Gasteiger partial charge in [0.25, 0.3) is 0 Å². The van der Waals surface area contributed by atoms with E-state index in [0.29, 0.717) is 12.1 Å². The van der Waals surface area contributed by atoms with Crippen LogP contribution in [0.1, 0.15) is 59.6 Å². The zero-order chi connectivity index (χ0) is 27.0. The molecular weight excluding hydrogens is 486 g/mol. The molecule has 39 heavy (non-hydrogen) atoms. The average Bonchev–Trinajstić information content (AvgIpc) is 3.01. The van der Waals surface area contributed by atoms with Crippen LogP contribution in [0.4, 0.5) is 0 Å². The molecule has 1 unspecified atom stereocenters. The molecule has 5 rings (SSSR count). The van der Waals surface area contributed by atoms with Gasteiger partial charge in [0.2, 0.25) is 5.43 Å². The molecule has 1 heterocycles. The minimum atomic E-state index is -0.891. The van der Waals surface area contributed by atoms with Crippen LogP contribution in [0.15, 0.2) is 138 Å². The SMILES string of the molecule is CCC(O)c1cc(=O)c(OC(c2ccccc2)c2ccccc2)cn1OC(c1ccccc1)c1ccccc1. The van der Waals surface area contributed by atoms with Gasteiger partial charge in [0, 0.05) is 6.07 Å². The smallest absolute Gasteiger partial charge is 0.224 e. The lowest BCUT2D eigenvalue weighted by atomic mass is 10.0. The Morgan fingerprint density at radius 3 is 1.49 bits per heavy atom. The molecule has 196 valence electrons. The summed E-state index contributed by atoms with van der Waals surface area (Å²) in [6.45, 7) is 1.86. The van der Waals surface area contributed by atoms with Gasteiger partial charge >= 0.3 is 0 Å². The van der Waals surface area contributed by atoms with Crippen molar-refractivity contribution in [3.8, 4) is 5.75 Å². The number of aromatic nitrogens is 1. The number of ether oxygens (including phenoxy) is 1. The van der Waals surface area contributed by atoms with Crippen LogP contribution in [-0.4, -0.2) is 9.84 Å². The molecule has 1 atom stereocenters. The van der Waals surface area contributed by atoms with Gasteiger partial charge < -0.3 is 14.7 Å². The summed E-state index contributed by atoms with van der Waals surface area (Å²) in [7, 11) is 0. The molecule has 0 aliphatic rings. The number of nitrogens with zero attached hydrogens (tertiary/aromatic N) is 1. The van der Waals surface area contributed by atoms with Gasteiger partial charge in [-0.25, -0.2) is 0 Å². The maximum absolute atomic E-state index is 13.3. The Hall–Kier alpha value is -4.61. The summed E-state index contributed by atoms with van der Waals surface area (Å²) in [5.74, 6) is 0.125. The Morgan fingerprint density at radius 2 is 1.08 bits per heavy atom. The lowest BCUT2D eigenvalue weighted by Gasteiger charge is -2.26. The Balaban J connectivity index is 1.59. The third-order valence-electron chi connectivity index (χ3n) is 6.61. The highest BCUT2D eigenvalue weighted by Gasteiger charge is 2.23. The largest absolute Gasteiger partial charge is 0.475 e. The summed E-state index contributed by atoms with van der Waals surface area (Å²) < 4.78 is 7.91. The van der Waals surface area contributed by atoms with Crippen LogP contribution in [0.2, 0.25) is 0 Å². The number of rotatable bonds is 10. The summed E-state index contributed by atoms with van der Waals surface area (Å²) in [4.78, 5) is 19.9. The van der Waals surface area contributed by atoms with Crippen molar-refractivity contribution in [2.75, 3.05) is 0 Å². The maximum Gasteiger partial charge on any atom is 0.224 e. The molecule has 0 radical (unpaired) electrons. The van der Waals surface area contributed by atoms with Crippen LogP contribution in [0, 0.1) is 0 Å². The molecule has 0 amide bonds. The minimum Gasteiger partial charge on any atom is -0.475 e. The molecule has 5 heteroatoms. The standard InChI is InChI=1S/C34H31NO4/c1-2-30(36)29-23-31(37)32(38-33(25-15-7-3-8-16-25)26-17-9-4-10-18-26)24-35(29)39-34(27-19-11-5-12-20-27)28-21-13-6-14-22-28/h3-24,30,33-34,36H,2H2,1H3. The molecule has 5 nitrogen and oxygen atoms in total. The molecule has 4 aromatic carbocycles. The number of pyridine rings is 1. The Labute approximate surface area is 228 Å². The second-order valence-corrected chi connectivity index (χ2v) is 9.30. The zero-order valence-electron chi connectivity index (χ0n) is 21.8. The highest BCUT2D eigenvalue weighted by Crippen LogP contribution is 2.29. The van der Waals surface area contributed by atoms with Crippen LogP contribution in [0.25, 0.3) is 0 Å². The van der Waals surface area contributed by atoms with Crippen molar-refractivity contribution >= 4 is 0 Å². The van der Waals surface area contributed by atoms with E-state index in [1.807, 2.05) is 128 Å². The van der Waals surface area contributed by atoms with Crippen LogP contribution in [0.3, 0.4) is 0 Å². The maximum atomic E-state index is 13.3. The molecule has 0 saturated heterocycles. The fraction of sp³-hybridized carbons (Fsp3) is 0.147. The Morgan fingerprint density at radius 1 is 0.667 bits per heavy atom. The Bertz CT molecular complexity index is 1440. The van der Waals surface area contributed by atoms with E-state index in [9.17, 15) is 9.90 Å². The van der Waals surface area contributed by atoms with Gasteiger partial charge in [0.05, 0.1) is 18.0 Å². The van der Waals surface area contributed by atoms with Gasteiger partial charge in [-0.15, -0.1) is 0 Å². The topological polar surface area (TPSA) is 60.7 Å². The van der Waals surface area contributed by atoms with E-state index < -0.39 is 18.3 Å². The van der Waals surface area contributed by atoms with E-state index in [1.54, 1.807) is 6.20 Å². The molecule has 1 N–H and O–H groups in total. The van der Waals surface area contributed by atoms with Crippen LogP contribution in [-0.2, 0) is 0 Å². The molecule has 0 bridgehead atoms. The van der Waals surface area contributed by atoms with Crippen molar-refractivity contribution < 1.29 is 14.7 Å². The van der Waals surface area contributed by atoms with Crippen molar-refractivity contribution in [2.45, 2.75) is 31.7 Å². The predicted molar refractivity (Wildman–Crippen MR) is 153 cm³/mol. The molecule has 5 aromatic rings. The van der Waals surface area contributed by atoms with E-state index in [0.717, 1.165) is 22.3 Å². The lowest BCUT2D eigenvalue weighted by molar-refractivity contribution is 0.0333.